The lowest BCUT2D eigenvalue weighted by atomic mass is 9.72. The molecule has 1 aliphatic carbocycles. The first-order valence-electron chi connectivity index (χ1n) is 8.00. The summed E-state index contributed by atoms with van der Waals surface area (Å²) in [6, 6.07) is 0. The van der Waals surface area contributed by atoms with Crippen LogP contribution >= 0.6 is 0 Å². The minimum Gasteiger partial charge on any atom is -0.370 e. The zero-order valence-corrected chi connectivity index (χ0v) is 13.2. The van der Waals surface area contributed by atoms with Crippen LogP contribution in [0.15, 0.2) is 4.99 Å². The fraction of sp³-hybridized carbons (Fsp3) is 0.938. The minimum atomic E-state index is 0.256. The summed E-state index contributed by atoms with van der Waals surface area (Å²) in [6.45, 7) is 11.2. The molecule has 0 radical (unpaired) electrons. The van der Waals surface area contributed by atoms with E-state index in [1.807, 2.05) is 0 Å². The second kappa shape index (κ2) is 5.72. The lowest BCUT2D eigenvalue weighted by Crippen LogP contribution is -2.55. The van der Waals surface area contributed by atoms with Gasteiger partial charge in [0.05, 0.1) is 12.1 Å². The van der Waals surface area contributed by atoms with Gasteiger partial charge < -0.3 is 10.6 Å². The molecule has 2 N–H and O–H groups in total. The van der Waals surface area contributed by atoms with Crippen molar-refractivity contribution in [1.29, 1.82) is 0 Å². The van der Waals surface area contributed by atoms with E-state index in [2.05, 4.69) is 37.6 Å². The molecule has 1 aliphatic heterocycles. The Kier molecular flexibility index (Phi) is 4.42. The van der Waals surface area contributed by atoms with Gasteiger partial charge in [-0.05, 0) is 37.0 Å². The Hall–Kier alpha value is -0.730. The van der Waals surface area contributed by atoms with Gasteiger partial charge in [-0.25, -0.2) is 0 Å². The van der Waals surface area contributed by atoms with Gasteiger partial charge >= 0.3 is 0 Å². The summed E-state index contributed by atoms with van der Waals surface area (Å²) in [5.41, 5.74) is 6.41. The molecular weight excluding hydrogens is 234 g/mol. The third kappa shape index (κ3) is 3.24. The highest BCUT2D eigenvalue weighted by Crippen LogP contribution is 2.42. The number of guanidine groups is 1. The van der Waals surface area contributed by atoms with E-state index in [1.165, 1.54) is 32.1 Å². The van der Waals surface area contributed by atoms with Crippen LogP contribution in [0.4, 0.5) is 0 Å². The molecule has 0 bridgehead atoms. The lowest BCUT2D eigenvalue weighted by molar-refractivity contribution is 0.0912. The van der Waals surface area contributed by atoms with Crippen LogP contribution < -0.4 is 5.73 Å². The molecule has 1 saturated carbocycles. The summed E-state index contributed by atoms with van der Waals surface area (Å²) < 4.78 is 0. The van der Waals surface area contributed by atoms with E-state index in [4.69, 9.17) is 5.73 Å². The Bertz CT molecular complexity index is 335. The van der Waals surface area contributed by atoms with Crippen LogP contribution in [0.1, 0.15) is 59.8 Å². The van der Waals surface area contributed by atoms with Gasteiger partial charge in [0.25, 0.3) is 0 Å². The average molecular weight is 265 g/mol. The van der Waals surface area contributed by atoms with Crippen LogP contribution in [-0.2, 0) is 0 Å². The molecule has 0 amide bonds. The maximum absolute atomic E-state index is 6.16. The molecule has 0 aromatic carbocycles. The SMILES string of the molecule is CC(C)CC1CCCC2(CN=C(N)N2CC(C)C)C1. The predicted molar refractivity (Wildman–Crippen MR) is 82.2 cm³/mol. The van der Waals surface area contributed by atoms with Gasteiger partial charge in [-0.1, -0.05) is 40.5 Å². The zero-order chi connectivity index (χ0) is 14.0. The van der Waals surface area contributed by atoms with E-state index >= 15 is 0 Å². The molecule has 0 aromatic rings. The normalized spacial score (nSPS) is 31.6. The van der Waals surface area contributed by atoms with Crippen molar-refractivity contribution in [1.82, 2.24) is 4.90 Å². The second-order valence-corrected chi connectivity index (χ2v) is 7.50. The van der Waals surface area contributed by atoms with Gasteiger partial charge in [0, 0.05) is 6.54 Å². The molecule has 2 unspecified atom stereocenters. The van der Waals surface area contributed by atoms with E-state index in [1.54, 1.807) is 0 Å². The first-order valence-corrected chi connectivity index (χ1v) is 8.00. The van der Waals surface area contributed by atoms with Crippen molar-refractivity contribution in [3.05, 3.63) is 0 Å². The average Bonchev–Trinajstić information content (AvgIpc) is 2.57. The molecule has 2 atom stereocenters. The summed E-state index contributed by atoms with van der Waals surface area (Å²) >= 11 is 0. The lowest BCUT2D eigenvalue weighted by Gasteiger charge is -2.46. The first kappa shape index (κ1) is 14.7. The van der Waals surface area contributed by atoms with Gasteiger partial charge in [0.1, 0.15) is 0 Å². The smallest absolute Gasteiger partial charge is 0.191 e. The van der Waals surface area contributed by atoms with Crippen LogP contribution in [-0.4, -0.2) is 29.5 Å². The van der Waals surface area contributed by atoms with E-state index in [0.29, 0.717) is 5.92 Å². The highest BCUT2D eigenvalue weighted by Gasteiger charge is 2.45. The van der Waals surface area contributed by atoms with Crippen LogP contribution in [0.2, 0.25) is 0 Å². The Labute approximate surface area is 118 Å². The van der Waals surface area contributed by atoms with Crippen LogP contribution in [0.3, 0.4) is 0 Å². The summed E-state index contributed by atoms with van der Waals surface area (Å²) in [6.07, 6.45) is 6.67. The van der Waals surface area contributed by atoms with E-state index < -0.39 is 0 Å². The molecule has 2 aliphatic rings. The predicted octanol–water partition coefficient (Wildman–Crippen LogP) is 3.25. The topological polar surface area (TPSA) is 41.6 Å². The van der Waals surface area contributed by atoms with E-state index in [0.717, 1.165) is 30.9 Å². The minimum absolute atomic E-state index is 0.256. The zero-order valence-electron chi connectivity index (χ0n) is 13.2. The van der Waals surface area contributed by atoms with Crippen LogP contribution in [0, 0.1) is 17.8 Å². The Morgan fingerprint density at radius 3 is 2.68 bits per heavy atom. The molecule has 1 heterocycles. The van der Waals surface area contributed by atoms with E-state index in [9.17, 15) is 0 Å². The molecular formula is C16H31N3. The highest BCUT2D eigenvalue weighted by atomic mass is 15.4. The maximum atomic E-state index is 6.16. The van der Waals surface area contributed by atoms with Crippen molar-refractivity contribution in [2.45, 2.75) is 65.3 Å². The van der Waals surface area contributed by atoms with Gasteiger partial charge in [-0.3, -0.25) is 4.99 Å². The molecule has 19 heavy (non-hydrogen) atoms. The van der Waals surface area contributed by atoms with Crippen molar-refractivity contribution in [2.24, 2.45) is 28.5 Å². The number of nitrogens with zero attached hydrogens (tertiary/aromatic N) is 2. The van der Waals surface area contributed by atoms with Gasteiger partial charge in [-0.15, -0.1) is 0 Å². The molecule has 2 rings (SSSR count). The van der Waals surface area contributed by atoms with Crippen molar-refractivity contribution >= 4 is 5.96 Å². The summed E-state index contributed by atoms with van der Waals surface area (Å²) in [5.74, 6) is 3.11. The van der Waals surface area contributed by atoms with Gasteiger partial charge in [0.2, 0.25) is 0 Å². The van der Waals surface area contributed by atoms with Crippen LogP contribution in [0.5, 0.6) is 0 Å². The number of rotatable bonds is 4. The fourth-order valence-corrected chi connectivity index (χ4v) is 4.01. The molecule has 0 saturated heterocycles. The van der Waals surface area contributed by atoms with Crippen molar-refractivity contribution in [3.8, 4) is 0 Å². The molecule has 3 heteroatoms. The maximum Gasteiger partial charge on any atom is 0.191 e. The number of aliphatic imine (C=N–C) groups is 1. The Morgan fingerprint density at radius 1 is 1.32 bits per heavy atom. The quantitative estimate of drug-likeness (QED) is 0.848. The third-order valence-electron chi connectivity index (χ3n) is 4.66. The number of hydrogen-bond donors (Lipinski definition) is 1. The Morgan fingerprint density at radius 2 is 2.05 bits per heavy atom. The monoisotopic (exact) mass is 265 g/mol. The van der Waals surface area contributed by atoms with Gasteiger partial charge in [0.15, 0.2) is 5.96 Å². The summed E-state index contributed by atoms with van der Waals surface area (Å²) in [7, 11) is 0. The third-order valence-corrected chi connectivity index (χ3v) is 4.66. The highest BCUT2D eigenvalue weighted by molar-refractivity contribution is 5.81. The van der Waals surface area contributed by atoms with Crippen LogP contribution in [0.25, 0.3) is 0 Å². The number of hydrogen-bond acceptors (Lipinski definition) is 3. The molecule has 3 nitrogen and oxygen atoms in total. The van der Waals surface area contributed by atoms with E-state index in [-0.39, 0.29) is 5.54 Å². The summed E-state index contributed by atoms with van der Waals surface area (Å²) in [4.78, 5) is 7.02. The Balaban J connectivity index is 2.08. The van der Waals surface area contributed by atoms with Crippen molar-refractivity contribution < 1.29 is 0 Å². The summed E-state index contributed by atoms with van der Waals surface area (Å²) in [5, 5.41) is 0. The largest absolute Gasteiger partial charge is 0.370 e. The van der Waals surface area contributed by atoms with Crippen molar-refractivity contribution in [3.63, 3.8) is 0 Å². The van der Waals surface area contributed by atoms with Crippen molar-refractivity contribution in [2.75, 3.05) is 13.1 Å². The first-order chi connectivity index (χ1) is 8.93. The molecule has 110 valence electrons. The fourth-order valence-electron chi connectivity index (χ4n) is 4.01. The van der Waals surface area contributed by atoms with Gasteiger partial charge in [-0.2, -0.15) is 0 Å². The molecule has 0 aromatic heterocycles. The standard InChI is InChI=1S/C16H31N3/c1-12(2)8-14-6-5-7-16(9-14)11-18-15(17)19(16)10-13(3)4/h12-14H,5-11H2,1-4H3,(H2,17,18). The number of nitrogens with two attached hydrogens (primary N) is 1. The second-order valence-electron chi connectivity index (χ2n) is 7.50. The molecule has 1 spiro atoms. The molecule has 1 fully saturated rings.